The Balaban J connectivity index is 2.31. The summed E-state index contributed by atoms with van der Waals surface area (Å²) in [5.41, 5.74) is 0.479. The van der Waals surface area contributed by atoms with Crippen LogP contribution in [0.5, 0.6) is 0 Å². The molecule has 0 unspecified atom stereocenters. The zero-order chi connectivity index (χ0) is 10.3. The normalized spacial score (nSPS) is 35.9. The van der Waals surface area contributed by atoms with Gasteiger partial charge in [0.25, 0.3) is 0 Å². The molecule has 3 nitrogen and oxygen atoms in total. The van der Waals surface area contributed by atoms with E-state index in [9.17, 15) is 9.59 Å². The maximum Gasteiger partial charge on any atom is 0.312 e. The predicted molar refractivity (Wildman–Crippen MR) is 50.6 cm³/mol. The van der Waals surface area contributed by atoms with Gasteiger partial charge in [0.05, 0.1) is 12.5 Å². The van der Waals surface area contributed by atoms with Crippen LogP contribution in [-0.2, 0) is 14.3 Å². The summed E-state index contributed by atoms with van der Waals surface area (Å²) in [7, 11) is 1.38. The van der Waals surface area contributed by atoms with Crippen molar-refractivity contribution < 1.29 is 14.3 Å². The van der Waals surface area contributed by atoms with E-state index in [0.29, 0.717) is 19.3 Å². The molecule has 76 valence electrons. The molecule has 2 atom stereocenters. The van der Waals surface area contributed by atoms with Gasteiger partial charge in [-0.25, -0.2) is 0 Å². The molecule has 2 bridgehead atoms. The zero-order valence-electron chi connectivity index (χ0n) is 8.34. The van der Waals surface area contributed by atoms with Crippen LogP contribution in [0.2, 0.25) is 0 Å². The summed E-state index contributed by atoms with van der Waals surface area (Å²) in [4.78, 5) is 23.1. The van der Waals surface area contributed by atoms with Gasteiger partial charge in [0.1, 0.15) is 5.78 Å². The SMILES string of the molecule is C=C1C[C@@]2(C(=O)OC)CC(=O)C[C@@H]1C2. The number of esters is 1. The summed E-state index contributed by atoms with van der Waals surface area (Å²) >= 11 is 0. The van der Waals surface area contributed by atoms with E-state index in [1.165, 1.54) is 7.11 Å². The lowest BCUT2D eigenvalue weighted by molar-refractivity contribution is -0.156. The molecule has 2 aliphatic carbocycles. The molecule has 0 saturated heterocycles. The minimum absolute atomic E-state index is 0.172. The minimum atomic E-state index is -0.564. The third kappa shape index (κ3) is 1.19. The van der Waals surface area contributed by atoms with Gasteiger partial charge in [0.2, 0.25) is 0 Å². The average Bonchev–Trinajstić information content (AvgIpc) is 2.37. The molecule has 0 aromatic rings. The van der Waals surface area contributed by atoms with Gasteiger partial charge in [0, 0.05) is 12.8 Å². The molecule has 0 amide bonds. The number of rotatable bonds is 1. The first-order valence-corrected chi connectivity index (χ1v) is 4.85. The van der Waals surface area contributed by atoms with Gasteiger partial charge in [-0.05, 0) is 18.8 Å². The van der Waals surface area contributed by atoms with Crippen molar-refractivity contribution in [2.24, 2.45) is 11.3 Å². The second-order valence-electron chi connectivity index (χ2n) is 4.43. The van der Waals surface area contributed by atoms with Gasteiger partial charge in [-0.2, -0.15) is 0 Å². The van der Waals surface area contributed by atoms with Crippen LogP contribution >= 0.6 is 0 Å². The molecule has 2 fully saturated rings. The molecule has 0 aromatic heterocycles. The molecule has 0 heterocycles. The second-order valence-corrected chi connectivity index (χ2v) is 4.43. The van der Waals surface area contributed by atoms with Crippen molar-refractivity contribution in [3.8, 4) is 0 Å². The summed E-state index contributed by atoms with van der Waals surface area (Å²) in [6, 6.07) is 0. The van der Waals surface area contributed by atoms with E-state index < -0.39 is 5.41 Å². The largest absolute Gasteiger partial charge is 0.469 e. The Labute approximate surface area is 83.1 Å². The van der Waals surface area contributed by atoms with Gasteiger partial charge in [-0.1, -0.05) is 12.2 Å². The highest BCUT2D eigenvalue weighted by Crippen LogP contribution is 2.52. The summed E-state index contributed by atoms with van der Waals surface area (Å²) in [5.74, 6) is 0.148. The van der Waals surface area contributed by atoms with E-state index in [1.54, 1.807) is 0 Å². The molecule has 2 saturated carbocycles. The van der Waals surface area contributed by atoms with Crippen LogP contribution in [0.4, 0.5) is 0 Å². The van der Waals surface area contributed by atoms with E-state index in [1.807, 2.05) is 0 Å². The van der Waals surface area contributed by atoms with Crippen LogP contribution in [0, 0.1) is 11.3 Å². The van der Waals surface area contributed by atoms with Gasteiger partial charge in [0.15, 0.2) is 0 Å². The maximum absolute atomic E-state index is 11.6. The van der Waals surface area contributed by atoms with Crippen molar-refractivity contribution in [2.75, 3.05) is 7.11 Å². The fourth-order valence-electron chi connectivity index (χ4n) is 2.79. The Morgan fingerprint density at radius 2 is 2.29 bits per heavy atom. The van der Waals surface area contributed by atoms with Crippen LogP contribution in [0.3, 0.4) is 0 Å². The van der Waals surface area contributed by atoms with Crippen molar-refractivity contribution in [1.29, 1.82) is 0 Å². The number of carbonyl (C=O) groups is 2. The molecule has 0 aromatic carbocycles. The third-order valence-electron chi connectivity index (χ3n) is 3.41. The van der Waals surface area contributed by atoms with E-state index in [0.717, 1.165) is 12.0 Å². The van der Waals surface area contributed by atoms with Gasteiger partial charge in [-0.15, -0.1) is 0 Å². The molecular formula is C11H14O3. The molecular weight excluding hydrogens is 180 g/mol. The fraction of sp³-hybridized carbons (Fsp3) is 0.636. The zero-order valence-corrected chi connectivity index (χ0v) is 8.34. The Bertz CT molecular complexity index is 314. The number of carbonyl (C=O) groups excluding carboxylic acids is 2. The van der Waals surface area contributed by atoms with Crippen LogP contribution in [-0.4, -0.2) is 18.9 Å². The Morgan fingerprint density at radius 3 is 2.93 bits per heavy atom. The lowest BCUT2D eigenvalue weighted by Gasteiger charge is -2.28. The van der Waals surface area contributed by atoms with Crippen LogP contribution in [0.25, 0.3) is 0 Å². The fourth-order valence-corrected chi connectivity index (χ4v) is 2.79. The van der Waals surface area contributed by atoms with Crippen molar-refractivity contribution in [2.45, 2.75) is 25.7 Å². The van der Waals surface area contributed by atoms with Crippen LogP contribution in [0.15, 0.2) is 12.2 Å². The number of methoxy groups -OCH3 is 1. The first-order valence-electron chi connectivity index (χ1n) is 4.85. The summed E-state index contributed by atoms with van der Waals surface area (Å²) in [5, 5.41) is 0. The number of ether oxygens (including phenoxy) is 1. The molecule has 0 N–H and O–H groups in total. The number of hydrogen-bond acceptors (Lipinski definition) is 3. The summed E-state index contributed by atoms with van der Waals surface area (Å²) in [6.45, 7) is 3.93. The number of fused-ring (bicyclic) bond motifs is 2. The highest BCUT2D eigenvalue weighted by molar-refractivity contribution is 5.90. The molecule has 0 radical (unpaired) electrons. The lowest BCUT2D eigenvalue weighted by Crippen LogP contribution is -2.35. The average molecular weight is 194 g/mol. The molecule has 0 spiro atoms. The number of ketones is 1. The standard InChI is InChI=1S/C11H14O3/c1-7-4-11(10(13)14-2)5-8(7)3-9(12)6-11/h8H,1,3-6H2,2H3/t8-,11+/m1/s1. The third-order valence-corrected chi connectivity index (χ3v) is 3.41. The predicted octanol–water partition coefficient (Wildman–Crippen LogP) is 1.47. The Hall–Kier alpha value is -1.12. The van der Waals surface area contributed by atoms with Crippen LogP contribution in [0.1, 0.15) is 25.7 Å². The van der Waals surface area contributed by atoms with E-state index in [2.05, 4.69) is 6.58 Å². The smallest absolute Gasteiger partial charge is 0.312 e. The quantitative estimate of drug-likeness (QED) is 0.469. The maximum atomic E-state index is 11.6. The minimum Gasteiger partial charge on any atom is -0.469 e. The first-order chi connectivity index (χ1) is 6.57. The van der Waals surface area contributed by atoms with Crippen molar-refractivity contribution in [3.05, 3.63) is 12.2 Å². The van der Waals surface area contributed by atoms with Gasteiger partial charge < -0.3 is 4.74 Å². The van der Waals surface area contributed by atoms with E-state index >= 15 is 0 Å². The second kappa shape index (κ2) is 2.94. The highest BCUT2D eigenvalue weighted by atomic mass is 16.5. The Morgan fingerprint density at radius 1 is 1.57 bits per heavy atom. The topological polar surface area (TPSA) is 43.4 Å². The number of Topliss-reactive ketones (excluding diaryl/α,β-unsaturated/α-hetero) is 1. The van der Waals surface area contributed by atoms with Gasteiger partial charge >= 0.3 is 5.97 Å². The summed E-state index contributed by atoms with van der Waals surface area (Å²) < 4.78 is 4.78. The highest BCUT2D eigenvalue weighted by Gasteiger charge is 2.52. The first kappa shape index (κ1) is 9.44. The summed E-state index contributed by atoms with van der Waals surface area (Å²) in [6.07, 6.45) is 2.30. The number of allylic oxidation sites excluding steroid dienone is 1. The Kier molecular flexibility index (Phi) is 1.98. The molecule has 0 aliphatic heterocycles. The lowest BCUT2D eigenvalue weighted by atomic mass is 9.75. The molecule has 2 aliphatic rings. The molecule has 3 heteroatoms. The van der Waals surface area contributed by atoms with Crippen molar-refractivity contribution in [3.63, 3.8) is 0 Å². The molecule has 14 heavy (non-hydrogen) atoms. The molecule has 2 rings (SSSR count). The number of hydrogen-bond donors (Lipinski definition) is 0. The van der Waals surface area contributed by atoms with Crippen molar-refractivity contribution >= 4 is 11.8 Å². The monoisotopic (exact) mass is 194 g/mol. The van der Waals surface area contributed by atoms with Crippen molar-refractivity contribution in [1.82, 2.24) is 0 Å². The van der Waals surface area contributed by atoms with Gasteiger partial charge in [-0.3, -0.25) is 9.59 Å². The van der Waals surface area contributed by atoms with Crippen LogP contribution < -0.4 is 0 Å². The van der Waals surface area contributed by atoms with E-state index in [4.69, 9.17) is 4.74 Å². The van der Waals surface area contributed by atoms with E-state index in [-0.39, 0.29) is 17.7 Å².